The van der Waals surface area contributed by atoms with Gasteiger partial charge in [-0.3, -0.25) is 23.2 Å². The topological polar surface area (TPSA) is 180 Å². The Balaban J connectivity index is 1.68. The fourth-order valence-corrected chi connectivity index (χ4v) is 7.91. The van der Waals surface area contributed by atoms with Crippen molar-refractivity contribution in [1.82, 2.24) is 9.97 Å². The molecular formula is C26H40N3O9PS3. The summed E-state index contributed by atoms with van der Waals surface area (Å²) in [6.45, 7) is 11.5. The number of fused-ring (bicyclic) bond motifs is 1. The average molecular weight is 666 g/mol. The van der Waals surface area contributed by atoms with Crippen molar-refractivity contribution in [2.45, 2.75) is 72.4 Å². The summed E-state index contributed by atoms with van der Waals surface area (Å²) in [5, 5.41) is 24.4. The van der Waals surface area contributed by atoms with E-state index in [-0.39, 0.29) is 40.8 Å². The normalized spacial score (nSPS) is 23.5. The van der Waals surface area contributed by atoms with Gasteiger partial charge >= 0.3 is 7.82 Å². The molecule has 4 atom stereocenters. The minimum absolute atomic E-state index is 0.0521. The zero-order valence-electron chi connectivity index (χ0n) is 24.8. The molecule has 1 fully saturated rings. The number of aromatic nitrogens is 2. The second-order valence-corrected chi connectivity index (χ2v) is 16.7. The molecule has 0 aromatic carbocycles. The summed E-state index contributed by atoms with van der Waals surface area (Å²) >= 11 is 3.34. The van der Waals surface area contributed by atoms with Gasteiger partial charge in [0.05, 0.1) is 35.6 Å². The van der Waals surface area contributed by atoms with Gasteiger partial charge < -0.3 is 20.7 Å². The Labute approximate surface area is 258 Å². The van der Waals surface area contributed by atoms with Crippen molar-refractivity contribution >= 4 is 69.6 Å². The molecule has 0 saturated carbocycles. The zero-order chi connectivity index (χ0) is 31.5. The number of thioether (sulfide) groups is 2. The SMILES string of the molecule is CC(C)(C)C(=O)SCCOP(=O)(OCCSC(=O)C(C)(C)C)OC[C@H]1O[C@@H](c2scc3c(N)ncnc23)[C@](C)(O)[C@@H]1O. The standard InChI is InChI=1S/C26H40N3O9PS3/c1-24(2,3)22(31)40-10-8-35-39(34,36-9-11-41-23(32)25(4,5)6)37-12-16-19(30)26(7,33)20(38-16)18-17-15(13-42-18)21(27)29-14-28-17/h13-14,16,19-20,30,33H,8-12H2,1-7H3,(H2,27,28,29)/t16-,19-,20+,26-/m1/s1. The first-order valence-corrected chi connectivity index (χ1v) is 17.6. The van der Waals surface area contributed by atoms with Gasteiger partial charge in [-0.1, -0.05) is 65.1 Å². The molecule has 1 saturated heterocycles. The number of nitrogen functional groups attached to an aromatic ring is 1. The number of hydrogen-bond acceptors (Lipinski definition) is 15. The van der Waals surface area contributed by atoms with E-state index < -0.39 is 49.2 Å². The molecular weight excluding hydrogens is 625 g/mol. The lowest BCUT2D eigenvalue weighted by Crippen LogP contribution is -2.43. The minimum Gasteiger partial charge on any atom is -0.387 e. The molecule has 3 rings (SSSR count). The van der Waals surface area contributed by atoms with Crippen LogP contribution in [0.2, 0.25) is 0 Å². The molecule has 12 nitrogen and oxygen atoms in total. The third kappa shape index (κ3) is 8.74. The molecule has 2 aromatic heterocycles. The summed E-state index contributed by atoms with van der Waals surface area (Å²) < 4.78 is 36.2. The first-order valence-electron chi connectivity index (χ1n) is 13.3. The van der Waals surface area contributed by atoms with Gasteiger partial charge in [0.25, 0.3) is 0 Å². The van der Waals surface area contributed by atoms with Crippen molar-refractivity contribution in [2.75, 3.05) is 37.1 Å². The number of ether oxygens (including phenoxy) is 1. The molecule has 0 spiro atoms. The number of carbonyl (C=O) groups is 2. The fraction of sp³-hybridized carbons (Fsp3) is 0.692. The van der Waals surface area contributed by atoms with Crippen molar-refractivity contribution < 1.29 is 42.7 Å². The molecule has 0 unspecified atom stereocenters. The predicted octanol–water partition coefficient (Wildman–Crippen LogP) is 4.60. The molecule has 2 aromatic rings. The second-order valence-electron chi connectivity index (χ2n) is 12.0. The number of phosphoric ester groups is 1. The van der Waals surface area contributed by atoms with Crippen LogP contribution < -0.4 is 5.73 Å². The Hall–Kier alpha value is -1.13. The van der Waals surface area contributed by atoms with Gasteiger partial charge in [-0.25, -0.2) is 14.5 Å². The molecule has 3 heterocycles. The Morgan fingerprint density at radius 2 is 1.62 bits per heavy atom. The third-order valence-corrected chi connectivity index (χ3v) is 11.2. The third-order valence-electron chi connectivity index (χ3n) is 6.24. The van der Waals surface area contributed by atoms with Gasteiger partial charge in [-0.2, -0.15) is 0 Å². The Morgan fingerprint density at radius 3 is 2.14 bits per heavy atom. The van der Waals surface area contributed by atoms with E-state index in [1.54, 1.807) is 46.9 Å². The lowest BCUT2D eigenvalue weighted by molar-refractivity contribution is -0.118. The highest BCUT2D eigenvalue weighted by Crippen LogP contribution is 2.52. The van der Waals surface area contributed by atoms with Crippen LogP contribution in [0.25, 0.3) is 10.9 Å². The number of aliphatic hydroxyl groups excluding tert-OH is 1. The van der Waals surface area contributed by atoms with E-state index in [0.29, 0.717) is 15.8 Å². The predicted molar refractivity (Wildman–Crippen MR) is 165 cm³/mol. The monoisotopic (exact) mass is 665 g/mol. The number of anilines is 1. The molecule has 0 bridgehead atoms. The number of nitrogens with zero attached hydrogens (tertiary/aromatic N) is 2. The lowest BCUT2D eigenvalue weighted by Gasteiger charge is -2.26. The van der Waals surface area contributed by atoms with Crippen LogP contribution in [-0.2, 0) is 32.5 Å². The van der Waals surface area contributed by atoms with Crippen LogP contribution in [0.1, 0.15) is 59.4 Å². The highest BCUT2D eigenvalue weighted by atomic mass is 32.2. The van der Waals surface area contributed by atoms with Crippen LogP contribution in [0.4, 0.5) is 5.82 Å². The van der Waals surface area contributed by atoms with Crippen molar-refractivity contribution in [2.24, 2.45) is 10.8 Å². The molecule has 1 aliphatic heterocycles. The molecule has 1 aliphatic rings. The van der Waals surface area contributed by atoms with Gasteiger partial charge in [0.2, 0.25) is 0 Å². The average Bonchev–Trinajstić information content (AvgIpc) is 3.41. The number of carbonyl (C=O) groups excluding carboxylic acids is 2. The maximum absolute atomic E-state index is 13.6. The fourth-order valence-electron chi connectivity index (χ4n) is 3.74. The Kier molecular flexibility index (Phi) is 11.7. The first-order chi connectivity index (χ1) is 19.4. The van der Waals surface area contributed by atoms with E-state index in [0.717, 1.165) is 23.5 Å². The van der Waals surface area contributed by atoms with Crippen LogP contribution in [0, 0.1) is 10.8 Å². The van der Waals surface area contributed by atoms with Gasteiger partial charge in [0.15, 0.2) is 10.2 Å². The summed E-state index contributed by atoms with van der Waals surface area (Å²) in [6.07, 6.45) is -2.21. The summed E-state index contributed by atoms with van der Waals surface area (Å²) in [7, 11) is -4.22. The number of rotatable bonds is 12. The lowest BCUT2D eigenvalue weighted by atomic mass is 9.92. The van der Waals surface area contributed by atoms with Crippen LogP contribution in [-0.4, -0.2) is 79.5 Å². The van der Waals surface area contributed by atoms with E-state index in [4.69, 9.17) is 24.0 Å². The molecule has 42 heavy (non-hydrogen) atoms. The smallest absolute Gasteiger partial charge is 0.387 e. The Bertz CT molecular complexity index is 1270. The van der Waals surface area contributed by atoms with Gasteiger partial charge in [0.1, 0.15) is 36.1 Å². The van der Waals surface area contributed by atoms with Gasteiger partial charge in [-0.05, 0) is 6.92 Å². The molecule has 4 N–H and O–H groups in total. The van der Waals surface area contributed by atoms with E-state index in [2.05, 4.69) is 9.97 Å². The van der Waals surface area contributed by atoms with Crippen LogP contribution in [0.15, 0.2) is 11.7 Å². The number of nitrogens with two attached hydrogens (primary N) is 1. The maximum Gasteiger partial charge on any atom is 0.474 e. The van der Waals surface area contributed by atoms with Crippen LogP contribution in [0.5, 0.6) is 0 Å². The maximum atomic E-state index is 13.6. The van der Waals surface area contributed by atoms with Crippen LogP contribution >= 0.6 is 42.7 Å². The highest BCUT2D eigenvalue weighted by Gasteiger charge is 2.54. The minimum atomic E-state index is -4.22. The van der Waals surface area contributed by atoms with Crippen molar-refractivity contribution in [1.29, 1.82) is 0 Å². The van der Waals surface area contributed by atoms with Crippen molar-refractivity contribution in [3.63, 3.8) is 0 Å². The van der Waals surface area contributed by atoms with Crippen LogP contribution in [0.3, 0.4) is 0 Å². The van der Waals surface area contributed by atoms with Crippen molar-refractivity contribution in [3.05, 3.63) is 16.6 Å². The number of phosphoric acid groups is 1. The first kappa shape index (κ1) is 35.4. The summed E-state index contributed by atoms with van der Waals surface area (Å²) in [6, 6.07) is 0. The van der Waals surface area contributed by atoms with Gasteiger partial charge in [-0.15, -0.1) is 11.3 Å². The van der Waals surface area contributed by atoms with E-state index in [1.807, 2.05) is 0 Å². The van der Waals surface area contributed by atoms with Gasteiger partial charge in [0, 0.05) is 27.7 Å². The number of thiophene rings is 1. The quantitative estimate of drug-likeness (QED) is 0.211. The molecule has 236 valence electrons. The van der Waals surface area contributed by atoms with Crippen molar-refractivity contribution in [3.8, 4) is 0 Å². The zero-order valence-corrected chi connectivity index (χ0v) is 28.2. The number of aliphatic hydroxyl groups is 2. The van der Waals surface area contributed by atoms with E-state index in [1.165, 1.54) is 24.6 Å². The number of hydrogen-bond donors (Lipinski definition) is 3. The summed E-state index contributed by atoms with van der Waals surface area (Å²) in [5.41, 5.74) is 3.60. The summed E-state index contributed by atoms with van der Waals surface area (Å²) in [4.78, 5) is 33.2. The van der Waals surface area contributed by atoms with E-state index in [9.17, 15) is 24.4 Å². The van der Waals surface area contributed by atoms with E-state index >= 15 is 0 Å². The molecule has 0 amide bonds. The second kappa shape index (κ2) is 13.9. The molecule has 0 aliphatic carbocycles. The molecule has 0 radical (unpaired) electrons. The highest BCUT2D eigenvalue weighted by molar-refractivity contribution is 8.14. The summed E-state index contributed by atoms with van der Waals surface area (Å²) in [5.74, 6) is 0.695. The Morgan fingerprint density at radius 1 is 1.07 bits per heavy atom. The largest absolute Gasteiger partial charge is 0.474 e. The molecule has 16 heteroatoms.